The SMILES string of the molecule is O=C(CSc1ccccc1Br)Cc1cc(F)ccc1F. The van der Waals surface area contributed by atoms with Gasteiger partial charge in [-0.1, -0.05) is 12.1 Å². The number of thioether (sulfide) groups is 1. The average Bonchev–Trinajstić information content (AvgIpc) is 2.42. The molecule has 0 amide bonds. The van der Waals surface area contributed by atoms with Crippen molar-refractivity contribution in [3.05, 3.63) is 64.1 Å². The second-order valence-electron chi connectivity index (χ2n) is 4.17. The maximum Gasteiger partial charge on any atom is 0.147 e. The standard InChI is InChI=1S/C15H11BrF2OS/c16-13-3-1-2-4-15(13)20-9-12(19)8-10-7-11(17)5-6-14(10)18/h1-7H,8-9H2. The van der Waals surface area contributed by atoms with Crippen molar-refractivity contribution >= 4 is 33.5 Å². The molecule has 0 aliphatic heterocycles. The van der Waals surface area contributed by atoms with Crippen LogP contribution in [0.5, 0.6) is 0 Å². The largest absolute Gasteiger partial charge is 0.298 e. The number of rotatable bonds is 5. The molecule has 0 saturated heterocycles. The molecular formula is C15H11BrF2OS. The van der Waals surface area contributed by atoms with Gasteiger partial charge in [0.05, 0.1) is 5.75 Å². The number of ketones is 1. The smallest absolute Gasteiger partial charge is 0.147 e. The molecule has 0 bridgehead atoms. The van der Waals surface area contributed by atoms with Crippen LogP contribution in [-0.2, 0) is 11.2 Å². The summed E-state index contributed by atoms with van der Waals surface area (Å²) >= 11 is 4.76. The molecule has 2 aromatic carbocycles. The fraction of sp³-hybridized carbons (Fsp3) is 0.133. The quantitative estimate of drug-likeness (QED) is 0.726. The van der Waals surface area contributed by atoms with Crippen LogP contribution in [0.4, 0.5) is 8.78 Å². The Morgan fingerprint density at radius 3 is 2.65 bits per heavy atom. The fourth-order valence-electron chi connectivity index (χ4n) is 1.66. The van der Waals surface area contributed by atoms with Gasteiger partial charge in [-0.2, -0.15) is 0 Å². The van der Waals surface area contributed by atoms with Gasteiger partial charge >= 0.3 is 0 Å². The van der Waals surface area contributed by atoms with E-state index in [9.17, 15) is 13.6 Å². The van der Waals surface area contributed by atoms with Gasteiger partial charge in [0.25, 0.3) is 0 Å². The molecule has 5 heteroatoms. The van der Waals surface area contributed by atoms with Crippen LogP contribution in [0.1, 0.15) is 5.56 Å². The summed E-state index contributed by atoms with van der Waals surface area (Å²) in [5.74, 6) is -1.01. The summed E-state index contributed by atoms with van der Waals surface area (Å²) in [6, 6.07) is 10.7. The van der Waals surface area contributed by atoms with Crippen molar-refractivity contribution in [2.45, 2.75) is 11.3 Å². The molecule has 0 spiro atoms. The Balaban J connectivity index is 1.96. The van der Waals surface area contributed by atoms with E-state index in [0.717, 1.165) is 27.6 Å². The Kier molecular flexibility index (Phi) is 5.31. The fourth-order valence-corrected chi connectivity index (χ4v) is 3.09. The van der Waals surface area contributed by atoms with Crippen LogP contribution in [0.2, 0.25) is 0 Å². The van der Waals surface area contributed by atoms with E-state index in [-0.39, 0.29) is 23.5 Å². The number of carbonyl (C=O) groups is 1. The van der Waals surface area contributed by atoms with E-state index in [4.69, 9.17) is 0 Å². The van der Waals surface area contributed by atoms with Gasteiger partial charge < -0.3 is 0 Å². The number of hydrogen-bond donors (Lipinski definition) is 0. The summed E-state index contributed by atoms with van der Waals surface area (Å²) in [6.45, 7) is 0. The van der Waals surface area contributed by atoms with Crippen LogP contribution in [0.15, 0.2) is 51.8 Å². The van der Waals surface area contributed by atoms with Gasteiger partial charge in [-0.05, 0) is 51.8 Å². The van der Waals surface area contributed by atoms with Gasteiger partial charge in [0.1, 0.15) is 17.4 Å². The molecule has 20 heavy (non-hydrogen) atoms. The van der Waals surface area contributed by atoms with Gasteiger partial charge in [-0.15, -0.1) is 11.8 Å². The van der Waals surface area contributed by atoms with Crippen LogP contribution < -0.4 is 0 Å². The summed E-state index contributed by atoms with van der Waals surface area (Å²) in [7, 11) is 0. The molecule has 0 atom stereocenters. The third-order valence-corrected chi connectivity index (χ3v) is 4.71. The third-order valence-electron chi connectivity index (χ3n) is 2.62. The van der Waals surface area contributed by atoms with Crippen molar-refractivity contribution in [2.24, 2.45) is 0 Å². The van der Waals surface area contributed by atoms with Crippen molar-refractivity contribution in [3.8, 4) is 0 Å². The van der Waals surface area contributed by atoms with E-state index in [1.54, 1.807) is 0 Å². The minimum Gasteiger partial charge on any atom is -0.298 e. The van der Waals surface area contributed by atoms with Crippen LogP contribution >= 0.6 is 27.7 Å². The lowest BCUT2D eigenvalue weighted by Crippen LogP contribution is -2.07. The minimum absolute atomic E-state index is 0.0962. The average molecular weight is 357 g/mol. The Labute approximate surface area is 128 Å². The first kappa shape index (κ1) is 15.2. The van der Waals surface area contributed by atoms with Gasteiger partial charge in [-0.3, -0.25) is 4.79 Å². The highest BCUT2D eigenvalue weighted by molar-refractivity contribution is 9.10. The second-order valence-corrected chi connectivity index (χ2v) is 6.04. The Morgan fingerprint density at radius 2 is 1.90 bits per heavy atom. The molecule has 0 N–H and O–H groups in total. The maximum absolute atomic E-state index is 13.4. The highest BCUT2D eigenvalue weighted by atomic mass is 79.9. The number of benzene rings is 2. The zero-order valence-corrected chi connectivity index (χ0v) is 12.8. The predicted octanol–water partition coefficient (Wildman–Crippen LogP) is 4.63. The minimum atomic E-state index is -0.550. The molecule has 1 nitrogen and oxygen atoms in total. The topological polar surface area (TPSA) is 17.1 Å². The molecule has 104 valence electrons. The van der Waals surface area contributed by atoms with Crippen molar-refractivity contribution in [3.63, 3.8) is 0 Å². The number of Topliss-reactive ketones (excluding diaryl/α,β-unsaturated/α-hetero) is 1. The van der Waals surface area contributed by atoms with Gasteiger partial charge in [0, 0.05) is 15.8 Å². The second kappa shape index (κ2) is 6.99. The molecule has 2 aromatic rings. The number of halogens is 3. The highest BCUT2D eigenvalue weighted by Gasteiger charge is 2.10. The van der Waals surface area contributed by atoms with Crippen molar-refractivity contribution in [2.75, 3.05) is 5.75 Å². The lowest BCUT2D eigenvalue weighted by molar-refractivity contribution is -0.116. The summed E-state index contributed by atoms with van der Waals surface area (Å²) < 4.78 is 27.3. The van der Waals surface area contributed by atoms with E-state index < -0.39 is 11.6 Å². The van der Waals surface area contributed by atoms with Crippen LogP contribution in [0.25, 0.3) is 0 Å². The van der Waals surface area contributed by atoms with Crippen molar-refractivity contribution in [1.82, 2.24) is 0 Å². The van der Waals surface area contributed by atoms with E-state index in [1.165, 1.54) is 11.8 Å². The maximum atomic E-state index is 13.4. The summed E-state index contributed by atoms with van der Waals surface area (Å²) in [4.78, 5) is 12.8. The summed E-state index contributed by atoms with van der Waals surface area (Å²) in [5, 5.41) is 0. The van der Waals surface area contributed by atoms with E-state index in [2.05, 4.69) is 15.9 Å². The predicted molar refractivity (Wildman–Crippen MR) is 79.9 cm³/mol. The number of hydrogen-bond acceptors (Lipinski definition) is 2. The van der Waals surface area contributed by atoms with Crippen LogP contribution in [0.3, 0.4) is 0 Å². The van der Waals surface area contributed by atoms with Gasteiger partial charge in [-0.25, -0.2) is 8.78 Å². The monoisotopic (exact) mass is 356 g/mol. The molecule has 0 radical (unpaired) electrons. The Hall–Kier alpha value is -1.20. The number of carbonyl (C=O) groups excluding carboxylic acids is 1. The third kappa shape index (κ3) is 4.15. The van der Waals surface area contributed by atoms with Crippen LogP contribution in [0, 0.1) is 11.6 Å². The Morgan fingerprint density at radius 1 is 1.15 bits per heavy atom. The molecule has 0 aliphatic carbocycles. The van der Waals surface area contributed by atoms with Crippen molar-refractivity contribution < 1.29 is 13.6 Å². The van der Waals surface area contributed by atoms with Crippen LogP contribution in [-0.4, -0.2) is 11.5 Å². The molecule has 0 aliphatic rings. The molecule has 0 unspecified atom stereocenters. The lowest BCUT2D eigenvalue weighted by Gasteiger charge is -2.05. The van der Waals surface area contributed by atoms with E-state index in [1.807, 2.05) is 24.3 Å². The van der Waals surface area contributed by atoms with Crippen molar-refractivity contribution in [1.29, 1.82) is 0 Å². The first-order chi connectivity index (χ1) is 9.56. The normalized spacial score (nSPS) is 10.6. The lowest BCUT2D eigenvalue weighted by atomic mass is 10.1. The van der Waals surface area contributed by atoms with Gasteiger partial charge in [0.15, 0.2) is 0 Å². The molecule has 0 saturated carbocycles. The molecule has 0 fully saturated rings. The Bertz CT molecular complexity index is 631. The highest BCUT2D eigenvalue weighted by Crippen LogP contribution is 2.27. The first-order valence-electron chi connectivity index (χ1n) is 5.89. The summed E-state index contributed by atoms with van der Waals surface area (Å²) in [6.07, 6.45) is -0.0962. The molecular weight excluding hydrogens is 346 g/mol. The molecule has 2 rings (SSSR count). The van der Waals surface area contributed by atoms with E-state index in [0.29, 0.717) is 0 Å². The molecule has 0 heterocycles. The van der Waals surface area contributed by atoms with Gasteiger partial charge in [0.2, 0.25) is 0 Å². The zero-order valence-electron chi connectivity index (χ0n) is 10.4. The molecule has 0 aromatic heterocycles. The zero-order chi connectivity index (χ0) is 14.5. The van der Waals surface area contributed by atoms with E-state index >= 15 is 0 Å². The summed E-state index contributed by atoms with van der Waals surface area (Å²) in [5.41, 5.74) is 0.0997. The first-order valence-corrected chi connectivity index (χ1v) is 7.67.